The van der Waals surface area contributed by atoms with Gasteiger partial charge in [0, 0.05) is 6.07 Å². The number of carbonyl (C=O) groups is 2. The van der Waals surface area contributed by atoms with Crippen LogP contribution in [0.5, 0.6) is 11.5 Å². The number of benzene rings is 2. The van der Waals surface area contributed by atoms with Crippen molar-refractivity contribution in [2.75, 3.05) is 26.1 Å². The number of amides is 1. The highest BCUT2D eigenvalue weighted by atomic mass is 16.5. The van der Waals surface area contributed by atoms with Gasteiger partial charge in [0.05, 0.1) is 37.8 Å². The van der Waals surface area contributed by atoms with Gasteiger partial charge in [0.25, 0.3) is 11.5 Å². The molecule has 1 N–H and O–H groups in total. The van der Waals surface area contributed by atoms with Crippen LogP contribution < -0.4 is 20.3 Å². The maximum atomic E-state index is 13.0. The van der Waals surface area contributed by atoms with Gasteiger partial charge >= 0.3 is 5.97 Å². The van der Waals surface area contributed by atoms with Crippen LogP contribution >= 0.6 is 0 Å². The smallest absolute Gasteiger partial charge is 0.360 e. The zero-order valence-electron chi connectivity index (χ0n) is 18.2. The number of ether oxygens (including phenoxy) is 3. The quantitative estimate of drug-likeness (QED) is 0.566. The second-order valence-corrected chi connectivity index (χ2v) is 6.71. The molecule has 0 unspecified atom stereocenters. The molecule has 0 radical (unpaired) electrons. The molecular formula is C23H23N3O6. The van der Waals surface area contributed by atoms with Crippen LogP contribution in [-0.4, -0.2) is 42.5 Å². The van der Waals surface area contributed by atoms with E-state index in [1.807, 2.05) is 19.1 Å². The fourth-order valence-electron chi connectivity index (χ4n) is 3.03. The summed E-state index contributed by atoms with van der Waals surface area (Å²) in [6, 6.07) is 13.0. The van der Waals surface area contributed by atoms with Gasteiger partial charge in [-0.2, -0.15) is 9.78 Å². The minimum atomic E-state index is -0.777. The number of aryl methyl sites for hydroxylation is 1. The summed E-state index contributed by atoms with van der Waals surface area (Å²) in [4.78, 5) is 38.3. The van der Waals surface area contributed by atoms with E-state index >= 15 is 0 Å². The minimum absolute atomic E-state index is 0.0771. The van der Waals surface area contributed by atoms with Crippen molar-refractivity contribution in [3.05, 3.63) is 75.7 Å². The van der Waals surface area contributed by atoms with Crippen LogP contribution in [0.4, 0.5) is 5.69 Å². The third-order valence-electron chi connectivity index (χ3n) is 4.57. The lowest BCUT2D eigenvalue weighted by atomic mass is 10.1. The summed E-state index contributed by atoms with van der Waals surface area (Å²) in [5.41, 5.74) is 0.815. The normalized spacial score (nSPS) is 10.4. The zero-order valence-corrected chi connectivity index (χ0v) is 18.2. The second-order valence-electron chi connectivity index (χ2n) is 6.71. The topological polar surface area (TPSA) is 109 Å². The van der Waals surface area contributed by atoms with Gasteiger partial charge in [-0.15, -0.1) is 0 Å². The molecule has 0 aliphatic heterocycles. The van der Waals surface area contributed by atoms with Gasteiger partial charge in [-0.25, -0.2) is 4.79 Å². The van der Waals surface area contributed by atoms with Crippen molar-refractivity contribution in [2.45, 2.75) is 13.8 Å². The molecule has 0 saturated heterocycles. The monoisotopic (exact) mass is 437 g/mol. The average Bonchev–Trinajstić information content (AvgIpc) is 2.79. The van der Waals surface area contributed by atoms with Crippen LogP contribution in [0.25, 0.3) is 5.69 Å². The molecule has 0 aliphatic carbocycles. The molecule has 0 saturated carbocycles. The molecule has 1 amide bonds. The lowest BCUT2D eigenvalue weighted by Crippen LogP contribution is -2.27. The van der Waals surface area contributed by atoms with Crippen LogP contribution in [0, 0.1) is 6.92 Å². The first-order valence-corrected chi connectivity index (χ1v) is 9.80. The number of hydrogen-bond donors (Lipinski definition) is 1. The van der Waals surface area contributed by atoms with E-state index in [9.17, 15) is 14.4 Å². The Morgan fingerprint density at radius 2 is 1.78 bits per heavy atom. The second kappa shape index (κ2) is 9.78. The maximum Gasteiger partial charge on any atom is 0.360 e. The Morgan fingerprint density at radius 1 is 1.06 bits per heavy atom. The molecule has 0 aliphatic rings. The molecule has 9 heteroatoms. The van der Waals surface area contributed by atoms with E-state index in [0.717, 1.165) is 16.3 Å². The number of esters is 1. The highest BCUT2D eigenvalue weighted by molar-refractivity contribution is 6.09. The number of hydrogen-bond acceptors (Lipinski definition) is 7. The molecule has 3 aromatic rings. The molecular weight excluding hydrogens is 414 g/mol. The fraction of sp³-hybridized carbons (Fsp3) is 0.217. The van der Waals surface area contributed by atoms with E-state index in [1.165, 1.54) is 20.3 Å². The summed E-state index contributed by atoms with van der Waals surface area (Å²) in [6.45, 7) is 3.66. The molecule has 2 aromatic carbocycles. The van der Waals surface area contributed by atoms with Crippen molar-refractivity contribution >= 4 is 17.6 Å². The molecule has 0 spiro atoms. The number of carbonyl (C=O) groups excluding carboxylic acids is 2. The Hall–Kier alpha value is -4.14. The van der Waals surface area contributed by atoms with Crippen LogP contribution in [0.3, 0.4) is 0 Å². The largest absolute Gasteiger partial charge is 0.493 e. The number of rotatable bonds is 7. The molecule has 0 fully saturated rings. The maximum absolute atomic E-state index is 13.0. The standard InChI is InChI=1S/C23H23N3O6/c1-5-32-23(29)20-17(13-19(27)26(25-20)15-11-9-14(2)10-12-15)24-22(28)16-7-6-8-18(30-3)21(16)31-4/h6-13H,5H2,1-4H3,(H,24,28). The Kier molecular flexibility index (Phi) is 6.89. The van der Waals surface area contributed by atoms with E-state index in [-0.39, 0.29) is 29.3 Å². The van der Waals surface area contributed by atoms with Crippen molar-refractivity contribution in [3.8, 4) is 17.2 Å². The zero-order chi connectivity index (χ0) is 23.3. The summed E-state index contributed by atoms with van der Waals surface area (Å²) in [5.74, 6) is -0.813. The van der Waals surface area contributed by atoms with Crippen molar-refractivity contribution in [2.24, 2.45) is 0 Å². The Bertz CT molecular complexity index is 1200. The highest BCUT2D eigenvalue weighted by Gasteiger charge is 2.23. The predicted octanol–water partition coefficient (Wildman–Crippen LogP) is 2.99. The average molecular weight is 437 g/mol. The highest BCUT2D eigenvalue weighted by Crippen LogP contribution is 2.31. The molecule has 0 bridgehead atoms. The van der Waals surface area contributed by atoms with Gasteiger partial charge in [-0.3, -0.25) is 9.59 Å². The molecule has 3 rings (SSSR count). The van der Waals surface area contributed by atoms with E-state index < -0.39 is 17.4 Å². The number of methoxy groups -OCH3 is 2. The van der Waals surface area contributed by atoms with E-state index in [2.05, 4.69) is 10.4 Å². The van der Waals surface area contributed by atoms with Crippen molar-refractivity contribution in [3.63, 3.8) is 0 Å². The number of nitrogens with one attached hydrogen (secondary N) is 1. The number of para-hydroxylation sites is 1. The van der Waals surface area contributed by atoms with Crippen LogP contribution in [0.2, 0.25) is 0 Å². The molecule has 1 heterocycles. The van der Waals surface area contributed by atoms with E-state index in [1.54, 1.807) is 31.2 Å². The molecule has 9 nitrogen and oxygen atoms in total. The molecule has 32 heavy (non-hydrogen) atoms. The van der Waals surface area contributed by atoms with Crippen molar-refractivity contribution in [1.82, 2.24) is 9.78 Å². The number of nitrogens with zero attached hydrogens (tertiary/aromatic N) is 2. The van der Waals surface area contributed by atoms with E-state index in [0.29, 0.717) is 11.4 Å². The number of aromatic nitrogens is 2. The third kappa shape index (κ3) is 4.61. The van der Waals surface area contributed by atoms with Crippen molar-refractivity contribution in [1.29, 1.82) is 0 Å². The molecule has 1 aromatic heterocycles. The molecule has 166 valence electrons. The third-order valence-corrected chi connectivity index (χ3v) is 4.57. The van der Waals surface area contributed by atoms with Gasteiger partial charge in [0.15, 0.2) is 17.2 Å². The van der Waals surface area contributed by atoms with Crippen LogP contribution in [0.1, 0.15) is 33.3 Å². The van der Waals surface area contributed by atoms with Gasteiger partial charge in [0.2, 0.25) is 0 Å². The fourth-order valence-corrected chi connectivity index (χ4v) is 3.03. The Balaban J connectivity index is 2.07. The van der Waals surface area contributed by atoms with Gasteiger partial charge in [-0.1, -0.05) is 23.8 Å². The van der Waals surface area contributed by atoms with Gasteiger partial charge in [-0.05, 0) is 38.1 Å². The SMILES string of the molecule is CCOC(=O)c1nn(-c2ccc(C)cc2)c(=O)cc1NC(=O)c1cccc(OC)c1OC. The predicted molar refractivity (Wildman–Crippen MR) is 118 cm³/mol. The lowest BCUT2D eigenvalue weighted by Gasteiger charge is -2.15. The summed E-state index contributed by atoms with van der Waals surface area (Å²) in [6.07, 6.45) is 0. The summed E-state index contributed by atoms with van der Waals surface area (Å²) < 4.78 is 16.7. The number of anilines is 1. The first-order valence-electron chi connectivity index (χ1n) is 9.80. The van der Waals surface area contributed by atoms with E-state index in [4.69, 9.17) is 14.2 Å². The lowest BCUT2D eigenvalue weighted by molar-refractivity contribution is 0.0518. The summed E-state index contributed by atoms with van der Waals surface area (Å²) in [7, 11) is 2.86. The Morgan fingerprint density at radius 3 is 2.41 bits per heavy atom. The summed E-state index contributed by atoms with van der Waals surface area (Å²) in [5, 5.41) is 6.74. The van der Waals surface area contributed by atoms with Crippen LogP contribution in [0.15, 0.2) is 53.3 Å². The molecule has 0 atom stereocenters. The van der Waals surface area contributed by atoms with Gasteiger partial charge in [0.1, 0.15) is 0 Å². The minimum Gasteiger partial charge on any atom is -0.493 e. The first-order chi connectivity index (χ1) is 15.4. The Labute approximate surface area is 184 Å². The van der Waals surface area contributed by atoms with Crippen LogP contribution in [-0.2, 0) is 4.74 Å². The van der Waals surface area contributed by atoms with Crippen molar-refractivity contribution < 1.29 is 23.8 Å². The first kappa shape index (κ1) is 22.5. The van der Waals surface area contributed by atoms with Gasteiger partial charge < -0.3 is 19.5 Å². The summed E-state index contributed by atoms with van der Waals surface area (Å²) >= 11 is 0.